The number of nitrogens with one attached hydrogen (secondary N) is 1. The van der Waals surface area contributed by atoms with E-state index in [4.69, 9.17) is 0 Å². The average Bonchev–Trinajstić information content (AvgIpc) is 2.69. The van der Waals surface area contributed by atoms with Crippen molar-refractivity contribution >= 4 is 17.7 Å². The average molecular weight is 384 g/mol. The fourth-order valence-corrected chi connectivity index (χ4v) is 2.83. The van der Waals surface area contributed by atoms with Crippen molar-refractivity contribution in [3.8, 4) is 0 Å². The first-order valence-corrected chi connectivity index (χ1v) is 9.26. The van der Waals surface area contributed by atoms with Gasteiger partial charge in [-0.3, -0.25) is 9.79 Å². The van der Waals surface area contributed by atoms with E-state index in [1.54, 1.807) is 45.1 Å². The highest BCUT2D eigenvalue weighted by atomic mass is 19.2. The molecule has 28 heavy (non-hydrogen) atoms. The Bertz CT molecular complexity index is 894. The fourth-order valence-electron chi connectivity index (χ4n) is 2.83. The van der Waals surface area contributed by atoms with Gasteiger partial charge in [0.15, 0.2) is 6.17 Å². The van der Waals surface area contributed by atoms with Crippen LogP contribution < -0.4 is 5.32 Å². The smallest absolute Gasteiger partial charge is 0.158 e. The van der Waals surface area contributed by atoms with E-state index in [0.717, 1.165) is 24.0 Å². The molecule has 1 aromatic carbocycles. The van der Waals surface area contributed by atoms with Gasteiger partial charge in [-0.05, 0) is 49.6 Å². The first-order valence-electron chi connectivity index (χ1n) is 9.26. The highest BCUT2D eigenvalue weighted by Gasteiger charge is 2.26. The van der Waals surface area contributed by atoms with Gasteiger partial charge in [0.05, 0.1) is 11.4 Å². The highest BCUT2D eigenvalue weighted by Crippen LogP contribution is 2.31. The van der Waals surface area contributed by atoms with Gasteiger partial charge >= 0.3 is 0 Å². The molecule has 2 rings (SSSR count). The van der Waals surface area contributed by atoms with Crippen LogP contribution in [0.4, 0.5) is 14.5 Å². The van der Waals surface area contributed by atoms with Crippen molar-refractivity contribution in [2.45, 2.75) is 40.3 Å². The number of alkyl halides is 1. The van der Waals surface area contributed by atoms with E-state index in [0.29, 0.717) is 22.5 Å². The number of nitrogens with zero attached hydrogens (tertiary/aromatic N) is 1. The van der Waals surface area contributed by atoms with Gasteiger partial charge in [0.1, 0.15) is 12.1 Å². The molecule has 0 aromatic heterocycles. The van der Waals surface area contributed by atoms with Gasteiger partial charge in [-0.2, -0.15) is 0 Å². The lowest BCUT2D eigenvalue weighted by Gasteiger charge is -2.19. The maximum Gasteiger partial charge on any atom is 0.158 e. The molecular weight excluding hydrogens is 358 g/mol. The zero-order valence-electron chi connectivity index (χ0n) is 16.7. The second-order valence-electron chi connectivity index (χ2n) is 6.90. The van der Waals surface area contributed by atoms with Crippen LogP contribution in [0.15, 0.2) is 70.8 Å². The maximum absolute atomic E-state index is 14.2. The Labute approximate surface area is 165 Å². The zero-order valence-corrected chi connectivity index (χ0v) is 16.7. The van der Waals surface area contributed by atoms with E-state index in [-0.39, 0.29) is 5.57 Å². The largest absolute Gasteiger partial charge is 0.355 e. The molecular formula is C23H26F2N2O. The SMILES string of the molecule is C=C(Nc1ccc(C=O)c(CC)c1)C(C)=N/C=C(\C)C1=C(F)C(F)C(C)C=C1. The third-order valence-corrected chi connectivity index (χ3v) is 4.79. The Morgan fingerprint density at radius 1 is 1.36 bits per heavy atom. The molecule has 0 amide bonds. The normalized spacial score (nSPS) is 20.4. The molecule has 0 bridgehead atoms. The number of hydrogen-bond acceptors (Lipinski definition) is 3. The first-order chi connectivity index (χ1) is 13.3. The van der Waals surface area contributed by atoms with Crippen molar-refractivity contribution in [1.29, 1.82) is 0 Å². The maximum atomic E-state index is 14.2. The van der Waals surface area contributed by atoms with E-state index >= 15 is 0 Å². The number of hydrogen-bond donors (Lipinski definition) is 1. The highest BCUT2D eigenvalue weighted by molar-refractivity contribution is 6.00. The van der Waals surface area contributed by atoms with Crippen molar-refractivity contribution in [1.82, 2.24) is 0 Å². The summed E-state index contributed by atoms with van der Waals surface area (Å²) in [5, 5.41) is 3.16. The number of aldehydes is 1. The minimum absolute atomic E-state index is 0.234. The summed E-state index contributed by atoms with van der Waals surface area (Å²) in [4.78, 5) is 15.4. The second kappa shape index (κ2) is 9.40. The third kappa shape index (κ3) is 4.91. The van der Waals surface area contributed by atoms with Crippen LogP contribution >= 0.6 is 0 Å². The van der Waals surface area contributed by atoms with Gasteiger partial charge in [-0.25, -0.2) is 8.78 Å². The number of benzene rings is 1. The molecule has 0 radical (unpaired) electrons. The van der Waals surface area contributed by atoms with Crippen molar-refractivity contribution < 1.29 is 13.6 Å². The molecule has 2 atom stereocenters. The zero-order chi connectivity index (χ0) is 20.8. The number of halogens is 2. The minimum atomic E-state index is -1.62. The van der Waals surface area contributed by atoms with Crippen LogP contribution in [0.2, 0.25) is 0 Å². The molecule has 5 heteroatoms. The monoisotopic (exact) mass is 384 g/mol. The summed E-state index contributed by atoms with van der Waals surface area (Å²) in [6, 6.07) is 5.47. The van der Waals surface area contributed by atoms with Crippen LogP contribution in [-0.2, 0) is 6.42 Å². The molecule has 2 unspecified atom stereocenters. The van der Waals surface area contributed by atoms with Crippen LogP contribution in [0.5, 0.6) is 0 Å². The number of rotatable bonds is 7. The van der Waals surface area contributed by atoms with Crippen LogP contribution in [0, 0.1) is 5.92 Å². The number of allylic oxidation sites excluding steroid dienone is 6. The summed E-state index contributed by atoms with van der Waals surface area (Å²) >= 11 is 0. The predicted octanol–water partition coefficient (Wildman–Crippen LogP) is 6.12. The van der Waals surface area contributed by atoms with Crippen LogP contribution in [0.1, 0.15) is 43.6 Å². The lowest BCUT2D eigenvalue weighted by Crippen LogP contribution is -2.16. The summed E-state index contributed by atoms with van der Waals surface area (Å²) in [6.07, 6.45) is 4.73. The van der Waals surface area contributed by atoms with Gasteiger partial charge in [-0.15, -0.1) is 0 Å². The Morgan fingerprint density at radius 3 is 2.71 bits per heavy atom. The molecule has 0 fully saturated rings. The fraction of sp³-hybridized carbons (Fsp3) is 0.304. The molecule has 1 aliphatic rings. The molecule has 3 nitrogen and oxygen atoms in total. The quantitative estimate of drug-likeness (QED) is 0.454. The summed E-state index contributed by atoms with van der Waals surface area (Å²) in [5.41, 5.74) is 4.38. The molecule has 1 N–H and O–H groups in total. The van der Waals surface area contributed by atoms with Crippen LogP contribution in [0.3, 0.4) is 0 Å². The van der Waals surface area contributed by atoms with Gasteiger partial charge in [0.2, 0.25) is 0 Å². The van der Waals surface area contributed by atoms with Crippen LogP contribution in [-0.4, -0.2) is 18.2 Å². The van der Waals surface area contributed by atoms with E-state index < -0.39 is 17.9 Å². The van der Waals surface area contributed by atoms with E-state index in [1.807, 2.05) is 13.0 Å². The number of aliphatic imine (C=N–C) groups is 1. The van der Waals surface area contributed by atoms with Gasteiger partial charge in [-0.1, -0.05) is 32.6 Å². The van der Waals surface area contributed by atoms with E-state index in [1.165, 1.54) is 6.20 Å². The van der Waals surface area contributed by atoms with Gasteiger partial charge < -0.3 is 5.32 Å². The van der Waals surface area contributed by atoms with Crippen molar-refractivity contribution in [2.24, 2.45) is 10.9 Å². The third-order valence-electron chi connectivity index (χ3n) is 4.79. The number of anilines is 1. The number of aryl methyl sites for hydroxylation is 1. The number of carbonyl (C=O) groups excluding carboxylic acids is 1. The van der Waals surface area contributed by atoms with E-state index in [2.05, 4.69) is 16.9 Å². The Kier molecular flexibility index (Phi) is 7.21. The summed E-state index contributed by atoms with van der Waals surface area (Å²) in [6.45, 7) is 11.1. The summed E-state index contributed by atoms with van der Waals surface area (Å²) < 4.78 is 28.0. The molecule has 0 aliphatic heterocycles. The number of carbonyl (C=O) groups is 1. The first kappa shape index (κ1) is 21.5. The van der Waals surface area contributed by atoms with Gasteiger partial charge in [0.25, 0.3) is 0 Å². The van der Waals surface area contributed by atoms with E-state index in [9.17, 15) is 13.6 Å². The molecule has 148 valence electrons. The Morgan fingerprint density at radius 2 is 2.07 bits per heavy atom. The summed E-state index contributed by atoms with van der Waals surface area (Å²) in [5.74, 6) is -1.22. The van der Waals surface area contributed by atoms with Crippen molar-refractivity contribution in [3.05, 3.63) is 76.9 Å². The van der Waals surface area contributed by atoms with Gasteiger partial charge in [0, 0.05) is 28.9 Å². The predicted molar refractivity (Wildman–Crippen MR) is 112 cm³/mol. The van der Waals surface area contributed by atoms with Crippen molar-refractivity contribution in [2.75, 3.05) is 5.32 Å². The minimum Gasteiger partial charge on any atom is -0.355 e. The standard InChI is InChI=1S/C23H26F2N2O/c1-6-18-11-20(9-8-19(18)13-28)27-17(5)16(4)26-12-15(3)21-10-7-14(2)22(24)23(21)25/h7-14,22,27H,5-6H2,1-4H3/b15-12+,26-16?. The topological polar surface area (TPSA) is 41.5 Å². The molecule has 1 aliphatic carbocycles. The lowest BCUT2D eigenvalue weighted by molar-refractivity contribution is 0.112. The molecule has 0 heterocycles. The molecule has 0 spiro atoms. The second-order valence-corrected chi connectivity index (χ2v) is 6.90. The van der Waals surface area contributed by atoms with Crippen molar-refractivity contribution in [3.63, 3.8) is 0 Å². The lowest BCUT2D eigenvalue weighted by atomic mass is 9.92. The Balaban J connectivity index is 2.15. The Hall–Kier alpha value is -2.82. The molecule has 0 saturated heterocycles. The van der Waals surface area contributed by atoms with Crippen LogP contribution in [0.25, 0.3) is 0 Å². The molecule has 1 aromatic rings. The summed E-state index contributed by atoms with van der Waals surface area (Å²) in [7, 11) is 0. The molecule has 0 saturated carbocycles.